The second-order valence-electron chi connectivity index (χ2n) is 2.64. The minimum Gasteiger partial charge on any atom is -0.355 e. The summed E-state index contributed by atoms with van der Waals surface area (Å²) in [6.07, 6.45) is 2.04. The Balaban J connectivity index is 2.01. The van der Waals surface area contributed by atoms with Crippen LogP contribution < -0.4 is 10.6 Å². The van der Waals surface area contributed by atoms with Crippen molar-refractivity contribution in [3.63, 3.8) is 0 Å². The first kappa shape index (κ1) is 8.87. The molecule has 11 heavy (non-hydrogen) atoms. The Morgan fingerprint density at radius 1 is 1.73 bits per heavy atom. The number of hydrogen-bond donors (Lipinski definition) is 2. The van der Waals surface area contributed by atoms with Crippen molar-refractivity contribution in [2.45, 2.75) is 0 Å². The van der Waals surface area contributed by atoms with Gasteiger partial charge in [0, 0.05) is 25.4 Å². The molecule has 1 saturated heterocycles. The van der Waals surface area contributed by atoms with Gasteiger partial charge in [-0.05, 0) is 6.26 Å². The molecule has 0 atom stereocenters. The van der Waals surface area contributed by atoms with Crippen LogP contribution in [-0.2, 0) is 4.79 Å². The number of carbonyl (C=O) groups is 1. The van der Waals surface area contributed by atoms with E-state index in [1.165, 1.54) is 0 Å². The highest BCUT2D eigenvalue weighted by Crippen LogP contribution is 2.01. The van der Waals surface area contributed by atoms with Gasteiger partial charge in [0.15, 0.2) is 0 Å². The molecule has 0 spiro atoms. The van der Waals surface area contributed by atoms with Crippen LogP contribution in [0.5, 0.6) is 0 Å². The molecule has 0 saturated carbocycles. The number of rotatable bonds is 4. The predicted molar refractivity (Wildman–Crippen MR) is 47.8 cm³/mol. The third kappa shape index (κ3) is 2.71. The lowest BCUT2D eigenvalue weighted by Crippen LogP contribution is -2.51. The highest BCUT2D eigenvalue weighted by atomic mass is 32.2. The van der Waals surface area contributed by atoms with Gasteiger partial charge < -0.3 is 10.6 Å². The Labute approximate surface area is 71.3 Å². The van der Waals surface area contributed by atoms with E-state index in [-0.39, 0.29) is 11.8 Å². The molecule has 64 valence electrons. The lowest BCUT2D eigenvalue weighted by Gasteiger charge is -2.25. The van der Waals surface area contributed by atoms with Crippen molar-refractivity contribution in [1.29, 1.82) is 0 Å². The molecule has 1 amide bonds. The lowest BCUT2D eigenvalue weighted by molar-refractivity contribution is -0.126. The van der Waals surface area contributed by atoms with E-state index in [0.29, 0.717) is 0 Å². The van der Waals surface area contributed by atoms with E-state index in [1.54, 1.807) is 11.8 Å². The summed E-state index contributed by atoms with van der Waals surface area (Å²) in [5.41, 5.74) is 0. The Kier molecular flexibility index (Phi) is 3.72. The van der Waals surface area contributed by atoms with Gasteiger partial charge in [-0.3, -0.25) is 4.79 Å². The summed E-state index contributed by atoms with van der Waals surface area (Å²) in [5.74, 6) is 1.45. The zero-order valence-corrected chi connectivity index (χ0v) is 7.54. The number of nitrogens with one attached hydrogen (secondary N) is 2. The molecule has 1 heterocycles. The van der Waals surface area contributed by atoms with E-state index in [1.807, 2.05) is 6.26 Å². The van der Waals surface area contributed by atoms with E-state index < -0.39 is 0 Å². The highest BCUT2D eigenvalue weighted by molar-refractivity contribution is 7.98. The molecule has 1 aliphatic rings. The Morgan fingerprint density at radius 3 is 2.91 bits per heavy atom. The number of carbonyl (C=O) groups excluding carboxylic acids is 1. The van der Waals surface area contributed by atoms with Crippen LogP contribution >= 0.6 is 11.8 Å². The first-order chi connectivity index (χ1) is 5.34. The Bertz CT molecular complexity index is 136. The molecule has 1 rings (SSSR count). The van der Waals surface area contributed by atoms with Gasteiger partial charge in [0.05, 0.1) is 5.92 Å². The molecule has 0 radical (unpaired) electrons. The van der Waals surface area contributed by atoms with E-state index in [9.17, 15) is 4.79 Å². The Hall–Kier alpha value is -0.220. The van der Waals surface area contributed by atoms with Gasteiger partial charge >= 0.3 is 0 Å². The van der Waals surface area contributed by atoms with E-state index in [0.717, 1.165) is 25.4 Å². The minimum absolute atomic E-state index is 0.206. The third-order valence-corrected chi connectivity index (χ3v) is 2.37. The summed E-state index contributed by atoms with van der Waals surface area (Å²) >= 11 is 1.75. The SMILES string of the molecule is CSCCNC(=O)C1CNC1. The van der Waals surface area contributed by atoms with Crippen molar-refractivity contribution in [2.24, 2.45) is 5.92 Å². The molecule has 0 aromatic carbocycles. The maximum atomic E-state index is 11.1. The van der Waals surface area contributed by atoms with Crippen molar-refractivity contribution in [3.05, 3.63) is 0 Å². The van der Waals surface area contributed by atoms with Gasteiger partial charge in [-0.2, -0.15) is 11.8 Å². The topological polar surface area (TPSA) is 41.1 Å². The normalized spacial score (nSPS) is 17.5. The fraction of sp³-hybridized carbons (Fsp3) is 0.857. The monoisotopic (exact) mass is 174 g/mol. The molecule has 1 aliphatic heterocycles. The van der Waals surface area contributed by atoms with Gasteiger partial charge in [-0.15, -0.1) is 0 Å². The van der Waals surface area contributed by atoms with Gasteiger partial charge in [-0.1, -0.05) is 0 Å². The average Bonchev–Trinajstić information content (AvgIpc) is 1.84. The van der Waals surface area contributed by atoms with Crippen LogP contribution in [0, 0.1) is 5.92 Å². The average molecular weight is 174 g/mol. The molecule has 0 aromatic heterocycles. The molecule has 0 aliphatic carbocycles. The summed E-state index contributed by atoms with van der Waals surface area (Å²) in [6.45, 7) is 2.51. The van der Waals surface area contributed by atoms with Crippen LogP contribution in [0.1, 0.15) is 0 Å². The zero-order valence-electron chi connectivity index (χ0n) is 6.72. The smallest absolute Gasteiger partial charge is 0.225 e. The number of hydrogen-bond acceptors (Lipinski definition) is 3. The van der Waals surface area contributed by atoms with Crippen molar-refractivity contribution in [3.8, 4) is 0 Å². The molecule has 3 nitrogen and oxygen atoms in total. The fourth-order valence-corrected chi connectivity index (χ4v) is 1.20. The molecular formula is C7H14N2OS. The van der Waals surface area contributed by atoms with Gasteiger partial charge in [0.25, 0.3) is 0 Å². The minimum atomic E-state index is 0.206. The molecular weight excluding hydrogens is 160 g/mol. The van der Waals surface area contributed by atoms with Gasteiger partial charge in [0.1, 0.15) is 0 Å². The maximum Gasteiger partial charge on any atom is 0.225 e. The van der Waals surface area contributed by atoms with Crippen LogP contribution in [0.2, 0.25) is 0 Å². The summed E-state index contributed by atoms with van der Waals surface area (Å²) in [5, 5.41) is 5.95. The van der Waals surface area contributed by atoms with Crippen LogP contribution in [0.4, 0.5) is 0 Å². The quantitative estimate of drug-likeness (QED) is 0.574. The molecule has 1 fully saturated rings. The van der Waals surface area contributed by atoms with Crippen LogP contribution in [0.3, 0.4) is 0 Å². The van der Waals surface area contributed by atoms with Crippen molar-refractivity contribution < 1.29 is 4.79 Å². The number of thioether (sulfide) groups is 1. The summed E-state index contributed by atoms with van der Waals surface area (Å²) in [4.78, 5) is 11.1. The molecule has 4 heteroatoms. The third-order valence-electron chi connectivity index (χ3n) is 1.76. The first-order valence-electron chi connectivity index (χ1n) is 3.82. The van der Waals surface area contributed by atoms with Gasteiger partial charge in [-0.25, -0.2) is 0 Å². The fourth-order valence-electron chi connectivity index (χ4n) is 0.895. The highest BCUT2D eigenvalue weighted by Gasteiger charge is 2.23. The summed E-state index contributed by atoms with van der Waals surface area (Å²) in [7, 11) is 0. The summed E-state index contributed by atoms with van der Waals surface area (Å²) in [6, 6.07) is 0. The van der Waals surface area contributed by atoms with Gasteiger partial charge in [0.2, 0.25) is 5.91 Å². The molecule has 0 aromatic rings. The number of amides is 1. The van der Waals surface area contributed by atoms with Crippen molar-refractivity contribution >= 4 is 17.7 Å². The Morgan fingerprint density at radius 2 is 2.45 bits per heavy atom. The zero-order chi connectivity index (χ0) is 8.10. The lowest BCUT2D eigenvalue weighted by atomic mass is 10.0. The van der Waals surface area contributed by atoms with E-state index in [4.69, 9.17) is 0 Å². The van der Waals surface area contributed by atoms with E-state index in [2.05, 4.69) is 10.6 Å². The molecule has 0 bridgehead atoms. The first-order valence-corrected chi connectivity index (χ1v) is 5.21. The largest absolute Gasteiger partial charge is 0.355 e. The van der Waals surface area contributed by atoms with E-state index >= 15 is 0 Å². The van der Waals surface area contributed by atoms with Crippen LogP contribution in [0.15, 0.2) is 0 Å². The standard InChI is InChI=1S/C7H14N2OS/c1-11-3-2-9-7(10)6-4-8-5-6/h6,8H,2-5H2,1H3,(H,9,10). The van der Waals surface area contributed by atoms with Crippen LogP contribution in [-0.4, -0.2) is 37.6 Å². The van der Waals surface area contributed by atoms with Crippen molar-refractivity contribution in [1.82, 2.24) is 10.6 Å². The molecule has 0 unspecified atom stereocenters. The molecule has 2 N–H and O–H groups in total. The van der Waals surface area contributed by atoms with Crippen molar-refractivity contribution in [2.75, 3.05) is 31.6 Å². The van der Waals surface area contributed by atoms with Crippen LogP contribution in [0.25, 0.3) is 0 Å². The maximum absolute atomic E-state index is 11.1. The predicted octanol–water partition coefficient (Wildman–Crippen LogP) is -0.315. The second-order valence-corrected chi connectivity index (χ2v) is 3.62. The summed E-state index contributed by atoms with van der Waals surface area (Å²) < 4.78 is 0. The second kappa shape index (κ2) is 4.62.